The largest absolute Gasteiger partial charge is 0.316 e. The summed E-state index contributed by atoms with van der Waals surface area (Å²) in [6.45, 7) is 0.896. The number of nitrogens with zero attached hydrogens (tertiary/aromatic N) is 1. The third-order valence-corrected chi connectivity index (χ3v) is 8.10. The van der Waals surface area contributed by atoms with Gasteiger partial charge in [0, 0.05) is 19.1 Å². The van der Waals surface area contributed by atoms with Gasteiger partial charge in [-0.25, -0.2) is 16.8 Å². The number of fused-ring (bicyclic) bond motifs is 1. The molecule has 1 fully saturated rings. The molecule has 0 spiro atoms. The summed E-state index contributed by atoms with van der Waals surface area (Å²) in [6.07, 6.45) is 2.21. The van der Waals surface area contributed by atoms with Crippen molar-refractivity contribution in [3.63, 3.8) is 0 Å². The number of rotatable bonds is 3. The van der Waals surface area contributed by atoms with Crippen molar-refractivity contribution >= 4 is 32.3 Å². The van der Waals surface area contributed by atoms with Crippen LogP contribution in [0.15, 0.2) is 28.0 Å². The molecular formula is C14H21ClN2O4S2. The van der Waals surface area contributed by atoms with E-state index in [0.29, 0.717) is 25.1 Å². The molecule has 1 N–H and O–H groups in total. The molecule has 6 nitrogen and oxygen atoms in total. The molecule has 1 aromatic rings. The Morgan fingerprint density at radius 3 is 2.74 bits per heavy atom. The number of sulfonamides is 1. The lowest BCUT2D eigenvalue weighted by molar-refractivity contribution is 0.293. The van der Waals surface area contributed by atoms with E-state index in [2.05, 4.69) is 5.32 Å². The van der Waals surface area contributed by atoms with E-state index in [9.17, 15) is 16.8 Å². The lowest BCUT2D eigenvalue weighted by Crippen LogP contribution is -2.46. The summed E-state index contributed by atoms with van der Waals surface area (Å²) in [5.41, 5.74) is 0.714. The first-order valence-corrected chi connectivity index (χ1v) is 10.5. The second kappa shape index (κ2) is 6.68. The van der Waals surface area contributed by atoms with Gasteiger partial charge in [0.25, 0.3) is 0 Å². The van der Waals surface area contributed by atoms with Crippen LogP contribution in [0.5, 0.6) is 0 Å². The van der Waals surface area contributed by atoms with Gasteiger partial charge in [-0.15, -0.1) is 12.4 Å². The maximum absolute atomic E-state index is 12.8. The van der Waals surface area contributed by atoms with Crippen molar-refractivity contribution in [2.75, 3.05) is 25.9 Å². The summed E-state index contributed by atoms with van der Waals surface area (Å²) in [7, 11) is -5.16. The van der Waals surface area contributed by atoms with E-state index in [1.165, 1.54) is 16.4 Å². The number of likely N-dealkylation sites (N-methyl/N-ethyl adjacent to an activating group) is 1. The van der Waals surface area contributed by atoms with Gasteiger partial charge < -0.3 is 5.32 Å². The molecule has 0 radical (unpaired) electrons. The van der Waals surface area contributed by atoms with Gasteiger partial charge in [-0.05, 0) is 44.0 Å². The number of nitrogens with one attached hydrogen (secondary N) is 1. The van der Waals surface area contributed by atoms with E-state index >= 15 is 0 Å². The van der Waals surface area contributed by atoms with Crippen LogP contribution in [0.1, 0.15) is 18.4 Å². The first-order chi connectivity index (χ1) is 10.3. The van der Waals surface area contributed by atoms with Gasteiger partial charge in [0.15, 0.2) is 9.84 Å². The molecule has 9 heteroatoms. The molecular weight excluding hydrogens is 360 g/mol. The van der Waals surface area contributed by atoms with E-state index in [4.69, 9.17) is 0 Å². The maximum Gasteiger partial charge on any atom is 0.243 e. The minimum Gasteiger partial charge on any atom is -0.316 e. The molecule has 1 unspecified atom stereocenters. The van der Waals surface area contributed by atoms with Crippen molar-refractivity contribution in [1.82, 2.24) is 9.62 Å². The number of hydrogen-bond donors (Lipinski definition) is 1. The van der Waals surface area contributed by atoms with Crippen molar-refractivity contribution in [3.8, 4) is 0 Å². The van der Waals surface area contributed by atoms with Gasteiger partial charge in [-0.3, -0.25) is 0 Å². The Kier molecular flexibility index (Phi) is 5.42. The second-order valence-electron chi connectivity index (χ2n) is 5.83. The number of sulfone groups is 1. The zero-order chi connectivity index (χ0) is 16.0. The summed E-state index contributed by atoms with van der Waals surface area (Å²) < 4.78 is 50.9. The molecule has 0 aromatic heterocycles. The van der Waals surface area contributed by atoms with Crippen LogP contribution >= 0.6 is 12.4 Å². The van der Waals surface area contributed by atoms with Crippen molar-refractivity contribution in [1.29, 1.82) is 0 Å². The van der Waals surface area contributed by atoms with Gasteiger partial charge in [-0.1, -0.05) is 6.07 Å². The van der Waals surface area contributed by atoms with Crippen LogP contribution in [0.2, 0.25) is 0 Å². The molecule has 1 aromatic carbocycles. The Labute approximate surface area is 143 Å². The van der Waals surface area contributed by atoms with Crippen LogP contribution in [0.3, 0.4) is 0 Å². The molecule has 0 bridgehead atoms. The van der Waals surface area contributed by atoms with Crippen molar-refractivity contribution in [2.45, 2.75) is 35.1 Å². The van der Waals surface area contributed by atoms with E-state index < -0.39 is 19.9 Å². The Morgan fingerprint density at radius 2 is 2.04 bits per heavy atom. The molecule has 2 aliphatic rings. The predicted molar refractivity (Wildman–Crippen MR) is 90.3 cm³/mol. The minimum absolute atomic E-state index is 0. The predicted octanol–water partition coefficient (Wildman–Crippen LogP) is 0.811. The quantitative estimate of drug-likeness (QED) is 0.839. The average Bonchev–Trinajstić information content (AvgIpc) is 2.82. The Balaban J connectivity index is 0.00000192. The highest BCUT2D eigenvalue weighted by Gasteiger charge is 2.32. The molecule has 3 rings (SSSR count). The fraction of sp³-hybridized carbons (Fsp3) is 0.571. The number of hydrogen-bond acceptors (Lipinski definition) is 5. The first kappa shape index (κ1) is 18.7. The highest BCUT2D eigenvalue weighted by Crippen LogP contribution is 2.30. The summed E-state index contributed by atoms with van der Waals surface area (Å²) in [4.78, 5) is 0.254. The van der Waals surface area contributed by atoms with Gasteiger partial charge in [0.05, 0.1) is 15.5 Å². The molecule has 23 heavy (non-hydrogen) atoms. The van der Waals surface area contributed by atoms with E-state index in [1.54, 1.807) is 6.07 Å². The van der Waals surface area contributed by atoms with E-state index in [0.717, 1.165) is 12.8 Å². The molecule has 1 saturated heterocycles. The monoisotopic (exact) mass is 380 g/mol. The SMILES string of the molecule is CNC1CCCN(S(=O)(=O)c2ccc3c(c2)S(=O)(=O)CC3)C1.Cl. The lowest BCUT2D eigenvalue weighted by Gasteiger charge is -2.31. The molecule has 0 amide bonds. The smallest absolute Gasteiger partial charge is 0.243 e. The van der Waals surface area contributed by atoms with E-state index in [1.807, 2.05) is 7.05 Å². The first-order valence-electron chi connectivity index (χ1n) is 7.38. The summed E-state index contributed by atoms with van der Waals surface area (Å²) in [5, 5.41) is 3.11. The van der Waals surface area contributed by atoms with Crippen LogP contribution in [-0.4, -0.2) is 53.1 Å². The number of benzene rings is 1. The third-order valence-electron chi connectivity index (χ3n) is 4.44. The Bertz CT molecular complexity index is 793. The summed E-state index contributed by atoms with van der Waals surface area (Å²) in [6, 6.07) is 4.63. The zero-order valence-corrected chi connectivity index (χ0v) is 15.3. The highest BCUT2D eigenvalue weighted by molar-refractivity contribution is 7.92. The highest BCUT2D eigenvalue weighted by atomic mass is 35.5. The van der Waals surface area contributed by atoms with Crippen LogP contribution < -0.4 is 5.32 Å². The fourth-order valence-electron chi connectivity index (χ4n) is 3.09. The molecule has 0 saturated carbocycles. The normalized spacial score (nSPS) is 24.0. The van der Waals surface area contributed by atoms with Crippen LogP contribution in [0, 0.1) is 0 Å². The van der Waals surface area contributed by atoms with Gasteiger partial charge in [0.2, 0.25) is 10.0 Å². The number of halogens is 1. The minimum atomic E-state index is -3.65. The molecule has 2 aliphatic heterocycles. The van der Waals surface area contributed by atoms with Crippen LogP contribution in [0.25, 0.3) is 0 Å². The number of piperidine rings is 1. The van der Waals surface area contributed by atoms with Crippen LogP contribution in [-0.2, 0) is 26.3 Å². The number of aryl methyl sites for hydroxylation is 1. The van der Waals surface area contributed by atoms with E-state index in [-0.39, 0.29) is 34.0 Å². The molecule has 0 aliphatic carbocycles. The van der Waals surface area contributed by atoms with Crippen molar-refractivity contribution in [3.05, 3.63) is 23.8 Å². The summed E-state index contributed by atoms with van der Waals surface area (Å²) >= 11 is 0. The molecule has 2 heterocycles. The lowest BCUT2D eigenvalue weighted by atomic mass is 10.1. The molecule has 1 atom stereocenters. The topological polar surface area (TPSA) is 83.6 Å². The Morgan fingerprint density at radius 1 is 1.30 bits per heavy atom. The summed E-state index contributed by atoms with van der Waals surface area (Å²) in [5.74, 6) is 0.0668. The Hall–Kier alpha value is -0.670. The van der Waals surface area contributed by atoms with Gasteiger partial charge in [-0.2, -0.15) is 4.31 Å². The molecule has 130 valence electrons. The van der Waals surface area contributed by atoms with Crippen LogP contribution in [0.4, 0.5) is 0 Å². The average molecular weight is 381 g/mol. The van der Waals surface area contributed by atoms with Gasteiger partial charge in [0.1, 0.15) is 0 Å². The standard InChI is InChI=1S/C14H20N2O4S2.ClH/c1-15-12-3-2-7-16(10-12)22(19,20)13-5-4-11-6-8-21(17,18)14(11)9-13;/h4-5,9,12,15H,2-3,6-8,10H2,1H3;1H. The maximum atomic E-state index is 12.8. The van der Waals surface area contributed by atoms with Gasteiger partial charge >= 0.3 is 0 Å². The van der Waals surface area contributed by atoms with Crippen molar-refractivity contribution in [2.24, 2.45) is 0 Å². The zero-order valence-electron chi connectivity index (χ0n) is 12.9. The van der Waals surface area contributed by atoms with Crippen molar-refractivity contribution < 1.29 is 16.8 Å². The third kappa shape index (κ3) is 3.41. The second-order valence-corrected chi connectivity index (χ2v) is 9.84. The fourth-order valence-corrected chi connectivity index (χ4v) is 6.30.